The van der Waals surface area contributed by atoms with Crippen molar-refractivity contribution in [3.63, 3.8) is 0 Å². The lowest BCUT2D eigenvalue weighted by Gasteiger charge is -2.14. The zero-order chi connectivity index (χ0) is 19.6. The van der Waals surface area contributed by atoms with E-state index in [4.69, 9.17) is 11.6 Å². The molecule has 0 aliphatic rings. The number of methoxy groups -OCH3 is 1. The molecule has 7 nitrogen and oxygen atoms in total. The van der Waals surface area contributed by atoms with Crippen LogP contribution < -0.4 is 5.32 Å². The summed E-state index contributed by atoms with van der Waals surface area (Å²) in [4.78, 5) is 14.5. The van der Waals surface area contributed by atoms with Gasteiger partial charge >= 0.3 is 5.97 Å². The number of fused-ring (bicyclic) bond motifs is 1. The van der Waals surface area contributed by atoms with Crippen molar-refractivity contribution in [3.8, 4) is 11.4 Å². The highest BCUT2D eigenvalue weighted by atomic mass is 35.5. The Morgan fingerprint density at radius 2 is 2.04 bits per heavy atom. The predicted molar refractivity (Wildman–Crippen MR) is 105 cm³/mol. The summed E-state index contributed by atoms with van der Waals surface area (Å²) in [5.41, 5.74) is 3.36. The van der Waals surface area contributed by atoms with E-state index in [-0.39, 0.29) is 11.4 Å². The van der Waals surface area contributed by atoms with Crippen LogP contribution in [-0.4, -0.2) is 39.4 Å². The molecular weight excluding hydrogens is 366 g/mol. The molecule has 27 heavy (non-hydrogen) atoms. The Kier molecular flexibility index (Phi) is 5.53. The van der Waals surface area contributed by atoms with Crippen LogP contribution in [0.5, 0.6) is 0 Å². The van der Waals surface area contributed by atoms with E-state index in [9.17, 15) is 4.79 Å². The van der Waals surface area contributed by atoms with Crippen LogP contribution in [0.25, 0.3) is 17.0 Å². The summed E-state index contributed by atoms with van der Waals surface area (Å²) in [7, 11) is 1.39. The maximum Gasteiger partial charge on any atom is 0.306 e. The highest BCUT2D eigenvalue weighted by molar-refractivity contribution is 6.34. The van der Waals surface area contributed by atoms with Crippen molar-refractivity contribution in [3.05, 3.63) is 40.5 Å². The number of hydrogen-bond donors (Lipinski definition) is 2. The molecule has 3 aromatic rings. The highest BCUT2D eigenvalue weighted by Crippen LogP contribution is 2.32. The van der Waals surface area contributed by atoms with Gasteiger partial charge in [-0.1, -0.05) is 56.6 Å². The number of rotatable bonds is 6. The summed E-state index contributed by atoms with van der Waals surface area (Å²) in [6, 6.07) is 7.95. The van der Waals surface area contributed by atoms with Crippen molar-refractivity contribution in [1.29, 1.82) is 0 Å². The van der Waals surface area contributed by atoms with Crippen LogP contribution in [0.2, 0.25) is 5.02 Å². The number of carbonyl (C=O) groups excluding carboxylic acids is 1. The number of ether oxygens (including phenoxy) is 1. The van der Waals surface area contributed by atoms with Gasteiger partial charge in [-0.15, -0.1) is 9.73 Å². The van der Waals surface area contributed by atoms with Crippen LogP contribution in [0.1, 0.15) is 38.4 Å². The van der Waals surface area contributed by atoms with Crippen molar-refractivity contribution in [2.24, 2.45) is 0 Å². The number of carbonyl (C=O) groups is 1. The first-order valence-electron chi connectivity index (χ1n) is 8.82. The summed E-state index contributed by atoms with van der Waals surface area (Å²) in [5, 5.41) is 13.0. The number of aromatic amines is 1. The number of nitrogens with zero attached hydrogens (tertiary/aromatic N) is 3. The van der Waals surface area contributed by atoms with E-state index < -0.39 is 0 Å². The van der Waals surface area contributed by atoms with Gasteiger partial charge in [-0.25, -0.2) is 0 Å². The van der Waals surface area contributed by atoms with Gasteiger partial charge in [0.05, 0.1) is 19.2 Å². The molecule has 0 bridgehead atoms. The summed E-state index contributed by atoms with van der Waals surface area (Å²) in [6.07, 6.45) is 0.332. The Balaban J connectivity index is 1.83. The molecule has 3 rings (SSSR count). The molecule has 0 aliphatic heterocycles. The second-order valence-corrected chi connectivity index (χ2v) is 7.76. The SMILES string of the molecule is COC(=O)CCNCc1ccccc1-c1nn2nc(C(C)(C)C)c(Cl)c2[nH]1. The van der Waals surface area contributed by atoms with Crippen LogP contribution in [0.3, 0.4) is 0 Å². The smallest absolute Gasteiger partial charge is 0.306 e. The largest absolute Gasteiger partial charge is 0.469 e. The fourth-order valence-electron chi connectivity index (χ4n) is 2.82. The van der Waals surface area contributed by atoms with Crippen molar-refractivity contribution >= 4 is 23.2 Å². The van der Waals surface area contributed by atoms with Crippen molar-refractivity contribution in [2.75, 3.05) is 13.7 Å². The molecule has 0 spiro atoms. The zero-order valence-electron chi connectivity index (χ0n) is 16.0. The van der Waals surface area contributed by atoms with Gasteiger partial charge in [-0.2, -0.15) is 5.10 Å². The van der Waals surface area contributed by atoms with Gasteiger partial charge in [0.15, 0.2) is 11.5 Å². The first-order chi connectivity index (χ1) is 12.8. The third-order valence-electron chi connectivity index (χ3n) is 4.27. The van der Waals surface area contributed by atoms with Crippen LogP contribution in [0.4, 0.5) is 0 Å². The van der Waals surface area contributed by atoms with Gasteiger partial charge in [0.2, 0.25) is 0 Å². The van der Waals surface area contributed by atoms with Gasteiger partial charge in [-0.05, 0) is 5.56 Å². The molecule has 144 valence electrons. The number of hydrogen-bond acceptors (Lipinski definition) is 5. The maximum absolute atomic E-state index is 11.2. The summed E-state index contributed by atoms with van der Waals surface area (Å²) in [6.45, 7) is 7.35. The molecule has 0 radical (unpaired) electrons. The normalized spacial score (nSPS) is 11.9. The second-order valence-electron chi connectivity index (χ2n) is 7.38. The van der Waals surface area contributed by atoms with Crippen LogP contribution >= 0.6 is 11.6 Å². The van der Waals surface area contributed by atoms with Crippen LogP contribution in [0, 0.1) is 0 Å². The van der Waals surface area contributed by atoms with E-state index in [2.05, 4.69) is 46.0 Å². The number of benzene rings is 1. The number of esters is 1. The molecule has 0 aliphatic carbocycles. The minimum absolute atomic E-state index is 0.159. The highest BCUT2D eigenvalue weighted by Gasteiger charge is 2.25. The van der Waals surface area contributed by atoms with E-state index in [1.165, 1.54) is 7.11 Å². The molecule has 0 amide bonds. The Morgan fingerprint density at radius 1 is 1.30 bits per heavy atom. The number of halogens is 1. The zero-order valence-corrected chi connectivity index (χ0v) is 16.7. The van der Waals surface area contributed by atoms with E-state index in [1.54, 1.807) is 4.63 Å². The van der Waals surface area contributed by atoms with Gasteiger partial charge in [-0.3, -0.25) is 4.79 Å². The lowest BCUT2D eigenvalue weighted by molar-refractivity contribution is -0.140. The average molecular weight is 390 g/mol. The minimum atomic E-state index is -0.229. The van der Waals surface area contributed by atoms with Gasteiger partial charge in [0.1, 0.15) is 5.02 Å². The quantitative estimate of drug-likeness (QED) is 0.499. The predicted octanol–water partition coefficient (Wildman–Crippen LogP) is 3.33. The molecule has 0 saturated carbocycles. The van der Waals surface area contributed by atoms with Crippen LogP contribution in [0.15, 0.2) is 24.3 Å². The van der Waals surface area contributed by atoms with E-state index >= 15 is 0 Å². The number of nitrogens with one attached hydrogen (secondary N) is 2. The maximum atomic E-state index is 11.2. The Hall–Kier alpha value is -2.38. The third kappa shape index (κ3) is 4.14. The lowest BCUT2D eigenvalue weighted by Crippen LogP contribution is -2.18. The number of aromatic nitrogens is 4. The fourth-order valence-corrected chi connectivity index (χ4v) is 3.26. The topological polar surface area (TPSA) is 84.3 Å². The first-order valence-corrected chi connectivity index (χ1v) is 9.20. The van der Waals surface area contributed by atoms with Crippen molar-refractivity contribution in [1.82, 2.24) is 25.1 Å². The Bertz CT molecular complexity index is 955. The average Bonchev–Trinajstić information content (AvgIpc) is 3.18. The molecule has 0 fully saturated rings. The fraction of sp³-hybridized carbons (Fsp3) is 0.421. The molecule has 1 aromatic carbocycles. The third-order valence-corrected chi connectivity index (χ3v) is 4.63. The molecule has 0 atom stereocenters. The molecule has 8 heteroatoms. The van der Waals surface area contributed by atoms with E-state index in [0.717, 1.165) is 16.8 Å². The van der Waals surface area contributed by atoms with Gasteiger partial charge < -0.3 is 15.0 Å². The van der Waals surface area contributed by atoms with Gasteiger partial charge in [0.25, 0.3) is 0 Å². The van der Waals surface area contributed by atoms with Crippen molar-refractivity contribution < 1.29 is 9.53 Å². The van der Waals surface area contributed by atoms with Crippen LogP contribution in [-0.2, 0) is 21.5 Å². The summed E-state index contributed by atoms with van der Waals surface area (Å²) in [5.74, 6) is 0.470. The lowest BCUT2D eigenvalue weighted by atomic mass is 9.92. The monoisotopic (exact) mass is 389 g/mol. The molecule has 2 N–H and O–H groups in total. The number of H-pyrrole nitrogens is 1. The molecular formula is C19H24ClN5O2. The Labute approximate surface area is 163 Å². The van der Waals surface area contributed by atoms with E-state index in [0.29, 0.717) is 36.0 Å². The minimum Gasteiger partial charge on any atom is -0.469 e. The van der Waals surface area contributed by atoms with Crippen molar-refractivity contribution in [2.45, 2.75) is 39.2 Å². The summed E-state index contributed by atoms with van der Waals surface area (Å²) < 4.78 is 6.20. The second kappa shape index (κ2) is 7.70. The molecule has 0 saturated heterocycles. The first kappa shape index (κ1) is 19.4. The summed E-state index contributed by atoms with van der Waals surface area (Å²) >= 11 is 6.52. The standard InChI is InChI=1S/C19H24ClN5O2/c1-19(2,3)16-15(20)18-22-17(24-25(18)23-16)13-8-6-5-7-12(13)11-21-10-9-14(26)27-4/h5-8,21H,9-11H2,1-4H3,(H,22,24). The van der Waals surface area contributed by atoms with Gasteiger partial charge in [0, 0.05) is 24.1 Å². The molecule has 2 aromatic heterocycles. The Morgan fingerprint density at radius 3 is 2.70 bits per heavy atom. The molecule has 2 heterocycles. The van der Waals surface area contributed by atoms with E-state index in [1.807, 2.05) is 24.3 Å². The molecule has 0 unspecified atom stereocenters.